The highest BCUT2D eigenvalue weighted by Crippen LogP contribution is 1.98. The Labute approximate surface area is 46.6 Å². The molecule has 0 heterocycles. The number of alkyl halides is 2. The highest BCUT2D eigenvalue weighted by molar-refractivity contribution is 4.45. The van der Waals surface area contributed by atoms with Crippen molar-refractivity contribution in [3.63, 3.8) is 0 Å². The SMILES string of the molecule is C/N=N\C(F)CCF. The number of halogens is 2. The van der Waals surface area contributed by atoms with Crippen molar-refractivity contribution in [3.05, 3.63) is 0 Å². The van der Waals surface area contributed by atoms with Crippen LogP contribution in [0.4, 0.5) is 8.78 Å². The lowest BCUT2D eigenvalue weighted by atomic mass is 10.4. The Bertz CT molecular complexity index is 74.4. The van der Waals surface area contributed by atoms with E-state index in [0.29, 0.717) is 0 Å². The van der Waals surface area contributed by atoms with E-state index in [1.807, 2.05) is 0 Å². The van der Waals surface area contributed by atoms with Crippen LogP contribution in [-0.2, 0) is 0 Å². The number of rotatable bonds is 3. The third-order valence-corrected chi connectivity index (χ3v) is 0.588. The van der Waals surface area contributed by atoms with Crippen LogP contribution in [0.25, 0.3) is 0 Å². The van der Waals surface area contributed by atoms with Gasteiger partial charge in [-0.25, -0.2) is 4.39 Å². The van der Waals surface area contributed by atoms with E-state index in [0.717, 1.165) is 0 Å². The highest BCUT2D eigenvalue weighted by atomic mass is 19.1. The zero-order valence-electron chi connectivity index (χ0n) is 4.64. The molecule has 8 heavy (non-hydrogen) atoms. The Hall–Kier alpha value is -0.540. The Kier molecular flexibility index (Phi) is 4.30. The van der Waals surface area contributed by atoms with E-state index in [1.165, 1.54) is 7.05 Å². The van der Waals surface area contributed by atoms with Gasteiger partial charge in [-0.05, 0) is 0 Å². The summed E-state index contributed by atoms with van der Waals surface area (Å²) in [6.07, 6.45) is -1.64. The smallest absolute Gasteiger partial charge is 0.212 e. The van der Waals surface area contributed by atoms with Crippen LogP contribution in [-0.4, -0.2) is 20.0 Å². The summed E-state index contributed by atoms with van der Waals surface area (Å²) in [6.45, 7) is -0.680. The summed E-state index contributed by atoms with van der Waals surface area (Å²) in [7, 11) is 1.35. The lowest BCUT2D eigenvalue weighted by Gasteiger charge is -1.92. The zero-order chi connectivity index (χ0) is 6.41. The molecule has 1 unspecified atom stereocenters. The molecule has 0 aliphatic carbocycles. The summed E-state index contributed by atoms with van der Waals surface area (Å²) >= 11 is 0. The maximum Gasteiger partial charge on any atom is 0.212 e. The molecule has 0 aliphatic rings. The molecule has 0 aromatic carbocycles. The van der Waals surface area contributed by atoms with Gasteiger partial charge in [-0.2, -0.15) is 10.2 Å². The third kappa shape index (κ3) is 3.64. The van der Waals surface area contributed by atoms with Gasteiger partial charge in [0.1, 0.15) is 0 Å². The largest absolute Gasteiger partial charge is 0.251 e. The average molecular weight is 122 g/mol. The second kappa shape index (κ2) is 4.61. The first-order chi connectivity index (χ1) is 3.81. The second-order valence-corrected chi connectivity index (χ2v) is 1.23. The Morgan fingerprint density at radius 3 is 2.62 bits per heavy atom. The van der Waals surface area contributed by atoms with Crippen LogP contribution in [0.1, 0.15) is 6.42 Å². The molecule has 48 valence electrons. The number of nitrogens with zero attached hydrogens (tertiary/aromatic N) is 2. The topological polar surface area (TPSA) is 24.7 Å². The number of azo groups is 1. The summed E-state index contributed by atoms with van der Waals surface area (Å²) < 4.78 is 23.1. The summed E-state index contributed by atoms with van der Waals surface area (Å²) in [6, 6.07) is 0. The Morgan fingerprint density at radius 2 is 2.25 bits per heavy atom. The molecule has 1 atom stereocenters. The molecule has 4 heteroatoms. The van der Waals surface area contributed by atoms with Crippen molar-refractivity contribution < 1.29 is 8.78 Å². The minimum Gasteiger partial charge on any atom is -0.251 e. The van der Waals surface area contributed by atoms with Crippen molar-refractivity contribution >= 4 is 0 Å². The van der Waals surface area contributed by atoms with Gasteiger partial charge in [-0.15, -0.1) is 0 Å². The van der Waals surface area contributed by atoms with Gasteiger partial charge in [0, 0.05) is 13.5 Å². The molecule has 0 spiro atoms. The predicted molar refractivity (Wildman–Crippen MR) is 26.3 cm³/mol. The first-order valence-corrected chi connectivity index (χ1v) is 2.30. The fourth-order valence-corrected chi connectivity index (χ4v) is 0.273. The molecular weight excluding hydrogens is 114 g/mol. The molecule has 0 aromatic heterocycles. The predicted octanol–water partition coefficient (Wildman–Crippen LogP) is 1.72. The molecule has 0 bridgehead atoms. The Balaban J connectivity index is 3.17. The molecule has 2 nitrogen and oxygen atoms in total. The van der Waals surface area contributed by atoms with E-state index in [1.54, 1.807) is 0 Å². The first-order valence-electron chi connectivity index (χ1n) is 2.30. The second-order valence-electron chi connectivity index (χ2n) is 1.23. The number of hydrogen-bond donors (Lipinski definition) is 0. The lowest BCUT2D eigenvalue weighted by Crippen LogP contribution is -1.94. The molecule has 0 aliphatic heterocycles. The minimum absolute atomic E-state index is 0.183. The maximum absolute atomic E-state index is 11.9. The average Bonchev–Trinajstić information content (AvgIpc) is 1.68. The van der Waals surface area contributed by atoms with Crippen molar-refractivity contribution in [2.24, 2.45) is 10.2 Å². The van der Waals surface area contributed by atoms with Gasteiger partial charge in [0.15, 0.2) is 0 Å². The van der Waals surface area contributed by atoms with Crippen LogP contribution in [0.2, 0.25) is 0 Å². The summed E-state index contributed by atoms with van der Waals surface area (Å²) in [4.78, 5) is 0. The molecule has 0 saturated heterocycles. The fraction of sp³-hybridized carbons (Fsp3) is 1.00. The van der Waals surface area contributed by atoms with Crippen LogP contribution in [0.3, 0.4) is 0 Å². The normalized spacial score (nSPS) is 14.9. The quantitative estimate of drug-likeness (QED) is 0.402. The van der Waals surface area contributed by atoms with Crippen LogP contribution >= 0.6 is 0 Å². The summed E-state index contributed by atoms with van der Waals surface area (Å²) in [5.41, 5.74) is 0. The van der Waals surface area contributed by atoms with Crippen molar-refractivity contribution in [1.82, 2.24) is 0 Å². The van der Waals surface area contributed by atoms with E-state index < -0.39 is 13.0 Å². The van der Waals surface area contributed by atoms with Gasteiger partial charge in [0.05, 0.1) is 6.67 Å². The van der Waals surface area contributed by atoms with Crippen LogP contribution < -0.4 is 0 Å². The molecular formula is C4H8F2N2. The molecule has 0 saturated carbocycles. The van der Waals surface area contributed by atoms with Crippen molar-refractivity contribution in [2.45, 2.75) is 12.7 Å². The monoisotopic (exact) mass is 122 g/mol. The molecule has 0 rings (SSSR count). The summed E-state index contributed by atoms with van der Waals surface area (Å²) in [5.74, 6) is 0. The number of hydrogen-bond acceptors (Lipinski definition) is 2. The molecule has 0 aromatic rings. The molecule has 0 radical (unpaired) electrons. The van der Waals surface area contributed by atoms with Crippen LogP contribution in [0.15, 0.2) is 10.2 Å². The van der Waals surface area contributed by atoms with Gasteiger partial charge < -0.3 is 0 Å². The molecule has 0 amide bonds. The van der Waals surface area contributed by atoms with Crippen LogP contribution in [0.5, 0.6) is 0 Å². The molecule has 0 fully saturated rings. The van der Waals surface area contributed by atoms with Gasteiger partial charge in [0.25, 0.3) is 0 Å². The molecule has 0 N–H and O–H groups in total. The Morgan fingerprint density at radius 1 is 1.62 bits per heavy atom. The lowest BCUT2D eigenvalue weighted by molar-refractivity contribution is 0.283. The summed E-state index contributed by atoms with van der Waals surface area (Å²) in [5, 5.41) is 6.17. The van der Waals surface area contributed by atoms with Gasteiger partial charge in [0.2, 0.25) is 6.30 Å². The van der Waals surface area contributed by atoms with Gasteiger partial charge in [-0.3, -0.25) is 4.39 Å². The standard InChI is InChI=1S/C4H8F2N2/c1-7-8-4(6)2-3-5/h4H,2-3H2,1H3/b8-7-. The van der Waals surface area contributed by atoms with E-state index in [9.17, 15) is 8.78 Å². The van der Waals surface area contributed by atoms with E-state index in [-0.39, 0.29) is 6.42 Å². The van der Waals surface area contributed by atoms with Crippen molar-refractivity contribution in [1.29, 1.82) is 0 Å². The highest BCUT2D eigenvalue weighted by Gasteiger charge is 1.99. The minimum atomic E-state index is -1.45. The van der Waals surface area contributed by atoms with E-state index >= 15 is 0 Å². The third-order valence-electron chi connectivity index (χ3n) is 0.588. The van der Waals surface area contributed by atoms with Gasteiger partial charge in [-0.1, -0.05) is 0 Å². The fourth-order valence-electron chi connectivity index (χ4n) is 0.273. The van der Waals surface area contributed by atoms with E-state index in [4.69, 9.17) is 0 Å². The maximum atomic E-state index is 11.9. The van der Waals surface area contributed by atoms with Crippen molar-refractivity contribution in [3.8, 4) is 0 Å². The van der Waals surface area contributed by atoms with Gasteiger partial charge >= 0.3 is 0 Å². The van der Waals surface area contributed by atoms with E-state index in [2.05, 4.69) is 10.2 Å². The van der Waals surface area contributed by atoms with Crippen LogP contribution in [0, 0.1) is 0 Å². The first kappa shape index (κ1) is 7.46. The van der Waals surface area contributed by atoms with Crippen molar-refractivity contribution in [2.75, 3.05) is 13.7 Å². The zero-order valence-corrected chi connectivity index (χ0v) is 4.64.